The molecule has 2 heterocycles. The van der Waals surface area contributed by atoms with Gasteiger partial charge in [-0.3, -0.25) is 0 Å². The zero-order valence-corrected chi connectivity index (χ0v) is 15.2. The minimum atomic E-state index is -0.0639. The van der Waals surface area contributed by atoms with Crippen molar-refractivity contribution < 1.29 is 14.6 Å². The molecule has 26 heavy (non-hydrogen) atoms. The SMILES string of the molecule is COc1ccc(N2CCOC3(CCN(c4ccc(O)cc4)CC3)C2)cc1. The molecular weight excluding hydrogens is 328 g/mol. The highest BCUT2D eigenvalue weighted by Crippen LogP contribution is 2.34. The lowest BCUT2D eigenvalue weighted by Gasteiger charge is -2.48. The molecule has 0 radical (unpaired) electrons. The second kappa shape index (κ2) is 7.08. The van der Waals surface area contributed by atoms with Crippen molar-refractivity contribution in [1.29, 1.82) is 0 Å². The van der Waals surface area contributed by atoms with E-state index < -0.39 is 0 Å². The predicted octanol–water partition coefficient (Wildman–Crippen LogP) is 3.28. The number of phenols is 1. The number of rotatable bonds is 3. The molecule has 2 fully saturated rings. The number of hydrogen-bond acceptors (Lipinski definition) is 5. The summed E-state index contributed by atoms with van der Waals surface area (Å²) in [6.45, 7) is 4.58. The fourth-order valence-electron chi connectivity index (χ4n) is 4.00. The first kappa shape index (κ1) is 17.0. The summed E-state index contributed by atoms with van der Waals surface area (Å²) in [6.07, 6.45) is 2.03. The van der Waals surface area contributed by atoms with Crippen LogP contribution in [0.15, 0.2) is 48.5 Å². The highest BCUT2D eigenvalue weighted by atomic mass is 16.5. The van der Waals surface area contributed by atoms with Crippen LogP contribution in [0.2, 0.25) is 0 Å². The van der Waals surface area contributed by atoms with Crippen molar-refractivity contribution in [3.8, 4) is 11.5 Å². The summed E-state index contributed by atoms with van der Waals surface area (Å²) in [5.74, 6) is 1.20. The van der Waals surface area contributed by atoms with Crippen LogP contribution < -0.4 is 14.5 Å². The standard InChI is InChI=1S/C21H26N2O3/c1-25-20-8-4-18(5-9-20)23-14-15-26-21(16-23)10-12-22(13-11-21)17-2-6-19(24)7-3-17/h2-9,24H,10-16H2,1H3. The van der Waals surface area contributed by atoms with Gasteiger partial charge in [-0.2, -0.15) is 0 Å². The molecule has 0 aliphatic carbocycles. The molecule has 0 bridgehead atoms. The minimum Gasteiger partial charge on any atom is -0.508 e. The van der Waals surface area contributed by atoms with Crippen LogP contribution in [0.5, 0.6) is 11.5 Å². The maximum atomic E-state index is 9.47. The van der Waals surface area contributed by atoms with Crippen molar-refractivity contribution in [2.45, 2.75) is 18.4 Å². The molecule has 2 saturated heterocycles. The third kappa shape index (κ3) is 3.44. The fraction of sp³-hybridized carbons (Fsp3) is 0.429. The Balaban J connectivity index is 1.41. The summed E-state index contributed by atoms with van der Waals surface area (Å²) < 4.78 is 11.5. The van der Waals surface area contributed by atoms with Gasteiger partial charge in [0.2, 0.25) is 0 Å². The molecule has 2 aromatic rings. The number of benzene rings is 2. The Hall–Kier alpha value is -2.40. The molecule has 5 nitrogen and oxygen atoms in total. The summed E-state index contributed by atoms with van der Waals surface area (Å²) in [5, 5.41) is 9.47. The van der Waals surface area contributed by atoms with Gasteiger partial charge in [-0.05, 0) is 61.4 Å². The van der Waals surface area contributed by atoms with Crippen molar-refractivity contribution in [2.24, 2.45) is 0 Å². The van der Waals surface area contributed by atoms with E-state index >= 15 is 0 Å². The Morgan fingerprint density at radius 2 is 1.50 bits per heavy atom. The van der Waals surface area contributed by atoms with E-state index in [9.17, 15) is 5.11 Å². The number of anilines is 2. The second-order valence-corrected chi connectivity index (χ2v) is 7.15. The van der Waals surface area contributed by atoms with Crippen LogP contribution in [0.25, 0.3) is 0 Å². The Kier molecular flexibility index (Phi) is 4.64. The van der Waals surface area contributed by atoms with Gasteiger partial charge in [0.05, 0.1) is 19.3 Å². The third-order valence-electron chi connectivity index (χ3n) is 5.58. The van der Waals surface area contributed by atoms with Gasteiger partial charge in [-0.15, -0.1) is 0 Å². The number of aromatic hydroxyl groups is 1. The van der Waals surface area contributed by atoms with E-state index in [1.807, 2.05) is 24.3 Å². The number of nitrogens with zero attached hydrogens (tertiary/aromatic N) is 2. The zero-order valence-electron chi connectivity index (χ0n) is 15.2. The van der Waals surface area contributed by atoms with Crippen LogP contribution in [0.3, 0.4) is 0 Å². The number of piperidine rings is 1. The van der Waals surface area contributed by atoms with E-state index in [1.54, 1.807) is 19.2 Å². The van der Waals surface area contributed by atoms with Crippen molar-refractivity contribution in [3.63, 3.8) is 0 Å². The normalized spacial score (nSPS) is 19.6. The van der Waals surface area contributed by atoms with E-state index in [1.165, 1.54) is 11.4 Å². The number of ether oxygens (including phenoxy) is 2. The second-order valence-electron chi connectivity index (χ2n) is 7.15. The monoisotopic (exact) mass is 354 g/mol. The molecule has 2 aliphatic heterocycles. The van der Waals surface area contributed by atoms with Gasteiger partial charge in [0, 0.05) is 37.6 Å². The number of hydrogen-bond donors (Lipinski definition) is 1. The minimum absolute atomic E-state index is 0.0639. The lowest BCUT2D eigenvalue weighted by molar-refractivity contribution is -0.0704. The molecule has 0 atom stereocenters. The van der Waals surface area contributed by atoms with Gasteiger partial charge in [0.1, 0.15) is 11.5 Å². The van der Waals surface area contributed by atoms with E-state index in [0.29, 0.717) is 5.75 Å². The Bertz CT molecular complexity index is 722. The van der Waals surface area contributed by atoms with Crippen molar-refractivity contribution in [3.05, 3.63) is 48.5 Å². The molecule has 0 saturated carbocycles. The summed E-state index contributed by atoms with van der Waals surface area (Å²) >= 11 is 0. The fourth-order valence-corrected chi connectivity index (χ4v) is 4.00. The highest BCUT2D eigenvalue weighted by molar-refractivity contribution is 5.51. The first-order valence-electron chi connectivity index (χ1n) is 9.24. The van der Waals surface area contributed by atoms with Gasteiger partial charge in [0.25, 0.3) is 0 Å². The molecular formula is C21H26N2O3. The van der Waals surface area contributed by atoms with E-state index in [4.69, 9.17) is 9.47 Å². The van der Waals surface area contributed by atoms with E-state index in [2.05, 4.69) is 21.9 Å². The van der Waals surface area contributed by atoms with E-state index in [0.717, 1.165) is 51.4 Å². The van der Waals surface area contributed by atoms with E-state index in [-0.39, 0.29) is 5.60 Å². The third-order valence-corrected chi connectivity index (χ3v) is 5.58. The van der Waals surface area contributed by atoms with Gasteiger partial charge in [0.15, 0.2) is 0 Å². The summed E-state index contributed by atoms with van der Waals surface area (Å²) in [4.78, 5) is 4.81. The molecule has 2 aromatic carbocycles. The molecule has 138 valence electrons. The van der Waals surface area contributed by atoms with Crippen LogP contribution in [-0.2, 0) is 4.74 Å². The lowest BCUT2D eigenvalue weighted by Crippen LogP contribution is -2.57. The van der Waals surface area contributed by atoms with Crippen LogP contribution >= 0.6 is 0 Å². The first-order valence-corrected chi connectivity index (χ1v) is 9.24. The predicted molar refractivity (Wildman–Crippen MR) is 103 cm³/mol. The molecule has 4 rings (SSSR count). The first-order chi connectivity index (χ1) is 12.7. The molecule has 0 amide bonds. The van der Waals surface area contributed by atoms with Gasteiger partial charge >= 0.3 is 0 Å². The van der Waals surface area contributed by atoms with Crippen LogP contribution in [0.4, 0.5) is 11.4 Å². The van der Waals surface area contributed by atoms with Gasteiger partial charge in [-0.25, -0.2) is 0 Å². The Labute approximate surface area is 154 Å². The van der Waals surface area contributed by atoms with Gasteiger partial charge < -0.3 is 24.4 Å². The molecule has 1 N–H and O–H groups in total. The average molecular weight is 354 g/mol. The van der Waals surface area contributed by atoms with Crippen molar-refractivity contribution in [1.82, 2.24) is 0 Å². The topological polar surface area (TPSA) is 45.2 Å². The van der Waals surface area contributed by atoms with Crippen LogP contribution in [0, 0.1) is 0 Å². The average Bonchev–Trinajstić information content (AvgIpc) is 2.70. The summed E-state index contributed by atoms with van der Waals surface area (Å²) in [6, 6.07) is 15.8. The lowest BCUT2D eigenvalue weighted by atomic mass is 9.89. The Morgan fingerprint density at radius 3 is 2.15 bits per heavy atom. The van der Waals surface area contributed by atoms with Crippen LogP contribution in [0.1, 0.15) is 12.8 Å². The highest BCUT2D eigenvalue weighted by Gasteiger charge is 2.39. The van der Waals surface area contributed by atoms with Crippen molar-refractivity contribution >= 4 is 11.4 Å². The smallest absolute Gasteiger partial charge is 0.119 e. The largest absolute Gasteiger partial charge is 0.508 e. The molecule has 5 heteroatoms. The summed E-state index contributed by atoms with van der Waals surface area (Å²) in [5.41, 5.74) is 2.33. The number of morpholine rings is 1. The van der Waals surface area contributed by atoms with Crippen molar-refractivity contribution in [2.75, 3.05) is 49.7 Å². The maximum absolute atomic E-state index is 9.47. The Morgan fingerprint density at radius 1 is 0.885 bits per heavy atom. The summed E-state index contributed by atoms with van der Waals surface area (Å²) in [7, 11) is 1.70. The molecule has 2 aliphatic rings. The number of methoxy groups -OCH3 is 1. The molecule has 0 aromatic heterocycles. The number of phenolic OH excluding ortho intramolecular Hbond substituents is 1. The maximum Gasteiger partial charge on any atom is 0.119 e. The quantitative estimate of drug-likeness (QED) is 0.916. The molecule has 1 spiro atoms. The molecule has 0 unspecified atom stereocenters. The van der Waals surface area contributed by atoms with Gasteiger partial charge in [-0.1, -0.05) is 0 Å². The zero-order chi connectivity index (χ0) is 18.0. The van der Waals surface area contributed by atoms with Crippen LogP contribution in [-0.4, -0.2) is 50.6 Å².